The molecule has 0 bridgehead atoms. The summed E-state index contributed by atoms with van der Waals surface area (Å²) in [4.78, 5) is 36.9. The number of para-hydroxylation sites is 2. The Morgan fingerprint density at radius 2 is 1.50 bits per heavy atom. The number of benzene rings is 3. The topological polar surface area (TPSA) is 100 Å². The molecule has 7 heteroatoms. The number of amides is 3. The van der Waals surface area contributed by atoms with Crippen LogP contribution in [0.15, 0.2) is 77.2 Å². The van der Waals surface area contributed by atoms with Crippen LogP contribution in [-0.2, 0) is 16.0 Å². The summed E-state index contributed by atoms with van der Waals surface area (Å²) >= 11 is 0. The van der Waals surface area contributed by atoms with Crippen LogP contribution in [0.1, 0.15) is 27.2 Å². The molecule has 0 spiro atoms. The lowest BCUT2D eigenvalue weighted by molar-refractivity contribution is -0.123. The van der Waals surface area contributed by atoms with Gasteiger partial charge in [0.25, 0.3) is 5.91 Å². The van der Waals surface area contributed by atoms with Crippen LogP contribution in [-0.4, -0.2) is 24.3 Å². The van der Waals surface area contributed by atoms with Crippen LogP contribution in [0.25, 0.3) is 11.0 Å². The zero-order chi connectivity index (χ0) is 24.1. The first-order chi connectivity index (χ1) is 16.4. The Labute approximate surface area is 197 Å². The van der Waals surface area contributed by atoms with E-state index >= 15 is 0 Å². The Balaban J connectivity index is 1.27. The van der Waals surface area contributed by atoms with Crippen molar-refractivity contribution in [3.8, 4) is 0 Å². The number of aryl methyl sites for hydroxylation is 2. The summed E-state index contributed by atoms with van der Waals surface area (Å²) in [6.07, 6.45) is 0.120. The second kappa shape index (κ2) is 10.0. The van der Waals surface area contributed by atoms with Gasteiger partial charge in [-0.1, -0.05) is 48.5 Å². The largest absolute Gasteiger partial charge is 0.451 e. The van der Waals surface area contributed by atoms with Crippen molar-refractivity contribution in [1.82, 2.24) is 5.32 Å². The summed E-state index contributed by atoms with van der Waals surface area (Å²) in [5, 5.41) is 9.13. The van der Waals surface area contributed by atoms with E-state index in [4.69, 9.17) is 4.42 Å². The molecule has 7 nitrogen and oxygen atoms in total. The molecule has 0 aliphatic carbocycles. The summed E-state index contributed by atoms with van der Waals surface area (Å²) in [5.41, 5.74) is 4.69. The summed E-state index contributed by atoms with van der Waals surface area (Å²) in [5.74, 6) is -0.675. The maximum absolute atomic E-state index is 12.5. The van der Waals surface area contributed by atoms with Gasteiger partial charge in [-0.3, -0.25) is 14.4 Å². The molecule has 1 heterocycles. The number of carbonyl (C=O) groups is 3. The molecule has 0 radical (unpaired) electrons. The minimum absolute atomic E-state index is 0.113. The number of anilines is 2. The molecule has 3 amide bonds. The molecule has 0 saturated heterocycles. The second-order valence-electron chi connectivity index (χ2n) is 8.07. The van der Waals surface area contributed by atoms with Crippen molar-refractivity contribution in [2.75, 3.05) is 17.2 Å². The lowest BCUT2D eigenvalue weighted by atomic mass is 10.1. The molecule has 0 atom stereocenters. The van der Waals surface area contributed by atoms with Crippen molar-refractivity contribution >= 4 is 40.1 Å². The lowest BCUT2D eigenvalue weighted by Gasteiger charge is -2.12. The predicted octanol–water partition coefficient (Wildman–Crippen LogP) is 4.60. The van der Waals surface area contributed by atoms with Crippen LogP contribution >= 0.6 is 0 Å². The van der Waals surface area contributed by atoms with Crippen molar-refractivity contribution in [1.29, 1.82) is 0 Å². The molecule has 0 fully saturated rings. The van der Waals surface area contributed by atoms with Crippen molar-refractivity contribution in [2.45, 2.75) is 20.3 Å². The first-order valence-electron chi connectivity index (χ1n) is 10.9. The maximum Gasteiger partial charge on any atom is 0.291 e. The van der Waals surface area contributed by atoms with Crippen LogP contribution < -0.4 is 16.0 Å². The Morgan fingerprint density at radius 1 is 0.794 bits per heavy atom. The highest BCUT2D eigenvalue weighted by molar-refractivity contribution is 6.04. The molecule has 4 aromatic rings. The van der Waals surface area contributed by atoms with E-state index < -0.39 is 0 Å². The summed E-state index contributed by atoms with van der Waals surface area (Å²) in [6.45, 7) is 3.73. The van der Waals surface area contributed by atoms with E-state index in [-0.39, 0.29) is 36.4 Å². The molecule has 34 heavy (non-hydrogen) atoms. The van der Waals surface area contributed by atoms with Gasteiger partial charge in [0.1, 0.15) is 5.58 Å². The molecule has 1 aromatic heterocycles. The van der Waals surface area contributed by atoms with Crippen LogP contribution in [0.4, 0.5) is 11.4 Å². The molecule has 172 valence electrons. The SMILES string of the molecule is Cc1cccc(C)c1NC(=O)CNC(=O)Cc1ccc(NC(=O)c2cc3ccccc3o2)cc1. The smallest absolute Gasteiger partial charge is 0.291 e. The van der Waals surface area contributed by atoms with Gasteiger partial charge in [0, 0.05) is 16.8 Å². The molecule has 0 aliphatic heterocycles. The lowest BCUT2D eigenvalue weighted by Crippen LogP contribution is -2.34. The van der Waals surface area contributed by atoms with Gasteiger partial charge in [0.15, 0.2) is 5.76 Å². The molecule has 3 N–H and O–H groups in total. The normalized spacial score (nSPS) is 10.6. The van der Waals surface area contributed by atoms with E-state index in [1.165, 1.54) is 0 Å². The van der Waals surface area contributed by atoms with Gasteiger partial charge in [-0.15, -0.1) is 0 Å². The highest BCUT2D eigenvalue weighted by Crippen LogP contribution is 2.21. The first-order valence-corrected chi connectivity index (χ1v) is 10.9. The molecule has 3 aromatic carbocycles. The van der Waals surface area contributed by atoms with Crippen LogP contribution in [0, 0.1) is 13.8 Å². The third-order valence-corrected chi connectivity index (χ3v) is 5.42. The fraction of sp³-hybridized carbons (Fsp3) is 0.148. The number of furan rings is 1. The molecular weight excluding hydrogens is 430 g/mol. The van der Waals surface area contributed by atoms with Crippen molar-refractivity contribution in [2.24, 2.45) is 0 Å². The average molecular weight is 456 g/mol. The van der Waals surface area contributed by atoms with Gasteiger partial charge in [-0.25, -0.2) is 0 Å². The zero-order valence-corrected chi connectivity index (χ0v) is 19.0. The van der Waals surface area contributed by atoms with Gasteiger partial charge in [0.2, 0.25) is 11.8 Å². The molecule has 0 saturated carbocycles. The third kappa shape index (κ3) is 5.50. The Hall–Kier alpha value is -4.39. The van der Waals surface area contributed by atoms with E-state index in [1.54, 1.807) is 36.4 Å². The molecule has 0 aliphatic rings. The van der Waals surface area contributed by atoms with Crippen LogP contribution in [0.3, 0.4) is 0 Å². The monoisotopic (exact) mass is 455 g/mol. The predicted molar refractivity (Wildman–Crippen MR) is 132 cm³/mol. The number of carbonyl (C=O) groups excluding carboxylic acids is 3. The van der Waals surface area contributed by atoms with Crippen LogP contribution in [0.2, 0.25) is 0 Å². The second-order valence-corrected chi connectivity index (χ2v) is 8.07. The number of fused-ring (bicyclic) bond motifs is 1. The number of hydrogen-bond donors (Lipinski definition) is 3. The quantitative estimate of drug-likeness (QED) is 0.379. The molecule has 0 unspecified atom stereocenters. The van der Waals surface area contributed by atoms with E-state index in [0.717, 1.165) is 27.8 Å². The first kappa shape index (κ1) is 22.8. The van der Waals surface area contributed by atoms with Gasteiger partial charge >= 0.3 is 0 Å². The van der Waals surface area contributed by atoms with E-state index in [2.05, 4.69) is 16.0 Å². The maximum atomic E-state index is 12.5. The average Bonchev–Trinajstić information content (AvgIpc) is 3.26. The van der Waals surface area contributed by atoms with E-state index in [9.17, 15) is 14.4 Å². The van der Waals surface area contributed by atoms with Crippen LogP contribution in [0.5, 0.6) is 0 Å². The Morgan fingerprint density at radius 3 is 2.21 bits per heavy atom. The van der Waals surface area contributed by atoms with Gasteiger partial charge < -0.3 is 20.4 Å². The Kier molecular flexibility index (Phi) is 6.73. The van der Waals surface area contributed by atoms with Gasteiger partial charge in [-0.2, -0.15) is 0 Å². The fourth-order valence-corrected chi connectivity index (χ4v) is 3.61. The van der Waals surface area contributed by atoms with Crippen molar-refractivity contribution < 1.29 is 18.8 Å². The van der Waals surface area contributed by atoms with Crippen molar-refractivity contribution in [3.05, 3.63) is 95.2 Å². The number of rotatable bonds is 7. The summed E-state index contributed by atoms with van der Waals surface area (Å²) in [6, 6.07) is 21.8. The highest BCUT2D eigenvalue weighted by Gasteiger charge is 2.13. The third-order valence-electron chi connectivity index (χ3n) is 5.42. The van der Waals surface area contributed by atoms with E-state index in [1.807, 2.05) is 50.2 Å². The Bertz CT molecular complexity index is 1300. The van der Waals surface area contributed by atoms with E-state index in [0.29, 0.717) is 11.3 Å². The number of hydrogen-bond acceptors (Lipinski definition) is 4. The van der Waals surface area contributed by atoms with Gasteiger partial charge in [0.05, 0.1) is 13.0 Å². The van der Waals surface area contributed by atoms with Crippen molar-refractivity contribution in [3.63, 3.8) is 0 Å². The van der Waals surface area contributed by atoms with Gasteiger partial charge in [-0.05, 0) is 54.8 Å². The summed E-state index contributed by atoms with van der Waals surface area (Å²) < 4.78 is 5.58. The zero-order valence-electron chi connectivity index (χ0n) is 19.0. The molecular formula is C27H25N3O4. The fourth-order valence-electron chi connectivity index (χ4n) is 3.61. The highest BCUT2D eigenvalue weighted by atomic mass is 16.3. The minimum Gasteiger partial charge on any atom is -0.451 e. The summed E-state index contributed by atoms with van der Waals surface area (Å²) in [7, 11) is 0. The standard InChI is InChI=1S/C27H25N3O4/c1-17-6-5-7-18(2)26(17)30-25(32)16-28-24(31)14-19-10-12-21(13-11-19)29-27(33)23-15-20-8-3-4-9-22(20)34-23/h3-13,15H,14,16H2,1-2H3,(H,28,31)(H,29,33)(H,30,32). The molecule has 4 rings (SSSR count). The minimum atomic E-state index is -0.350. The number of nitrogens with one attached hydrogen (secondary N) is 3.